The molecule has 3 aromatic heterocycles. The Hall–Kier alpha value is -4.07. The molecule has 0 aliphatic carbocycles. The number of aromatic nitrogens is 5. The first-order valence-electron chi connectivity index (χ1n) is 11.5. The molecule has 172 valence electrons. The standard InChI is InChI=1S/C26H25N5O3/c1-4-14-30-16(3)27-23-21(25(30)32)22-24(29-20-9-7-6-8-19(20)28-22)31(23)18-12-10-17(11-13-18)26(33)34-15-5-2/h6-13H,4-5,14-15H2,1-3H3. The third-order valence-electron chi connectivity index (χ3n) is 5.80. The van der Waals surface area contributed by atoms with Gasteiger partial charge in [-0.1, -0.05) is 26.0 Å². The summed E-state index contributed by atoms with van der Waals surface area (Å²) in [6.07, 6.45) is 1.58. The van der Waals surface area contributed by atoms with Crippen LogP contribution in [-0.2, 0) is 11.3 Å². The van der Waals surface area contributed by atoms with E-state index in [2.05, 4.69) is 0 Å². The number of carbonyl (C=O) groups excluding carboxylic acids is 1. The Balaban J connectivity index is 1.80. The molecule has 34 heavy (non-hydrogen) atoms. The van der Waals surface area contributed by atoms with E-state index in [1.165, 1.54) is 0 Å². The minimum Gasteiger partial charge on any atom is -0.462 e. The van der Waals surface area contributed by atoms with Gasteiger partial charge in [0.05, 0.1) is 23.2 Å². The van der Waals surface area contributed by atoms with Gasteiger partial charge < -0.3 is 4.74 Å². The van der Waals surface area contributed by atoms with Crippen molar-refractivity contribution in [1.29, 1.82) is 0 Å². The summed E-state index contributed by atoms with van der Waals surface area (Å²) in [5, 5.41) is 0.443. The number of carbonyl (C=O) groups is 1. The summed E-state index contributed by atoms with van der Waals surface area (Å²) < 4.78 is 8.77. The Kier molecular flexibility index (Phi) is 5.57. The fraction of sp³-hybridized carbons (Fsp3) is 0.269. The Labute approximate surface area is 195 Å². The molecule has 8 nitrogen and oxygen atoms in total. The lowest BCUT2D eigenvalue weighted by Crippen LogP contribution is -2.24. The topological polar surface area (TPSA) is 91.9 Å². The zero-order chi connectivity index (χ0) is 23.8. The maximum atomic E-state index is 13.6. The second kappa shape index (κ2) is 8.70. The maximum Gasteiger partial charge on any atom is 0.338 e. The number of ether oxygens (including phenoxy) is 1. The monoisotopic (exact) mass is 455 g/mol. The van der Waals surface area contributed by atoms with Crippen LogP contribution in [0.5, 0.6) is 0 Å². The van der Waals surface area contributed by atoms with Crippen molar-refractivity contribution < 1.29 is 9.53 Å². The third kappa shape index (κ3) is 3.51. The summed E-state index contributed by atoms with van der Waals surface area (Å²) in [7, 11) is 0. The van der Waals surface area contributed by atoms with Crippen LogP contribution in [-0.4, -0.2) is 36.7 Å². The van der Waals surface area contributed by atoms with Gasteiger partial charge in [-0.15, -0.1) is 0 Å². The molecule has 0 aliphatic rings. The van der Waals surface area contributed by atoms with Crippen molar-refractivity contribution >= 4 is 39.2 Å². The quantitative estimate of drug-likeness (QED) is 0.348. The summed E-state index contributed by atoms with van der Waals surface area (Å²) in [4.78, 5) is 40.3. The van der Waals surface area contributed by atoms with Gasteiger partial charge in [0, 0.05) is 12.2 Å². The molecule has 0 fully saturated rings. The van der Waals surface area contributed by atoms with Crippen molar-refractivity contribution in [2.75, 3.05) is 6.61 Å². The molecule has 0 amide bonds. The highest BCUT2D eigenvalue weighted by Gasteiger charge is 2.22. The van der Waals surface area contributed by atoms with Gasteiger partial charge in [-0.2, -0.15) is 0 Å². The van der Waals surface area contributed by atoms with Crippen LogP contribution < -0.4 is 5.56 Å². The highest BCUT2D eigenvalue weighted by atomic mass is 16.5. The molecule has 0 aliphatic heterocycles. The van der Waals surface area contributed by atoms with Crippen LogP contribution in [0.3, 0.4) is 0 Å². The summed E-state index contributed by atoms with van der Waals surface area (Å²) in [6, 6.07) is 14.6. The Morgan fingerprint density at radius 2 is 1.62 bits per heavy atom. The predicted molar refractivity (Wildman–Crippen MR) is 132 cm³/mol. The molecule has 0 unspecified atom stereocenters. The molecule has 5 aromatic rings. The molecule has 2 aromatic carbocycles. The average molecular weight is 456 g/mol. The lowest BCUT2D eigenvalue weighted by Gasteiger charge is -2.10. The largest absolute Gasteiger partial charge is 0.462 e. The SMILES string of the molecule is CCCOC(=O)c1ccc(-n2c3nc4ccccc4nc3c3c(=O)n(CCC)c(C)nc32)cc1. The van der Waals surface area contributed by atoms with E-state index >= 15 is 0 Å². The van der Waals surface area contributed by atoms with E-state index in [4.69, 9.17) is 19.7 Å². The first kappa shape index (κ1) is 21.8. The number of hydrogen-bond acceptors (Lipinski definition) is 6. The third-order valence-corrected chi connectivity index (χ3v) is 5.80. The minimum absolute atomic E-state index is 0.127. The summed E-state index contributed by atoms with van der Waals surface area (Å²) in [5.41, 5.74) is 4.07. The number of aryl methyl sites for hydroxylation is 1. The zero-order valence-corrected chi connectivity index (χ0v) is 19.4. The number of esters is 1. The van der Waals surface area contributed by atoms with Crippen LogP contribution >= 0.6 is 0 Å². The minimum atomic E-state index is -0.363. The van der Waals surface area contributed by atoms with Gasteiger partial charge in [0.1, 0.15) is 16.7 Å². The lowest BCUT2D eigenvalue weighted by atomic mass is 10.2. The Morgan fingerprint density at radius 1 is 0.912 bits per heavy atom. The molecule has 0 N–H and O–H groups in total. The smallest absolute Gasteiger partial charge is 0.338 e. The Bertz CT molecular complexity index is 1600. The summed E-state index contributed by atoms with van der Waals surface area (Å²) >= 11 is 0. The van der Waals surface area contributed by atoms with Gasteiger partial charge in [0.25, 0.3) is 5.56 Å². The van der Waals surface area contributed by atoms with E-state index < -0.39 is 0 Å². The van der Waals surface area contributed by atoms with E-state index in [1.54, 1.807) is 16.7 Å². The second-order valence-corrected chi connectivity index (χ2v) is 8.22. The molecule has 0 bridgehead atoms. The molecule has 5 rings (SSSR count). The number of hydrogen-bond donors (Lipinski definition) is 0. The van der Waals surface area contributed by atoms with Gasteiger partial charge in [0.15, 0.2) is 11.3 Å². The van der Waals surface area contributed by atoms with Crippen LogP contribution in [0.1, 0.15) is 42.9 Å². The molecular weight excluding hydrogens is 430 g/mol. The number of rotatable bonds is 6. The van der Waals surface area contributed by atoms with Gasteiger partial charge >= 0.3 is 5.97 Å². The van der Waals surface area contributed by atoms with Crippen LogP contribution in [0.15, 0.2) is 53.3 Å². The molecule has 0 atom stereocenters. The molecule has 3 heterocycles. The highest BCUT2D eigenvalue weighted by molar-refractivity contribution is 6.06. The zero-order valence-electron chi connectivity index (χ0n) is 19.4. The number of nitrogens with zero attached hydrogens (tertiary/aromatic N) is 5. The predicted octanol–water partition coefficient (Wildman–Crippen LogP) is 4.57. The number of fused-ring (bicyclic) bond motifs is 4. The molecule has 0 radical (unpaired) electrons. The van der Waals surface area contributed by atoms with Crippen LogP contribution in [0.2, 0.25) is 0 Å². The van der Waals surface area contributed by atoms with Crippen molar-refractivity contribution in [3.05, 3.63) is 70.3 Å². The van der Waals surface area contributed by atoms with Crippen molar-refractivity contribution in [3.8, 4) is 5.69 Å². The number of benzene rings is 2. The van der Waals surface area contributed by atoms with E-state index in [0.29, 0.717) is 52.3 Å². The molecule has 0 saturated heterocycles. The van der Waals surface area contributed by atoms with Gasteiger partial charge in [-0.3, -0.25) is 13.9 Å². The van der Waals surface area contributed by atoms with Crippen LogP contribution in [0, 0.1) is 6.92 Å². The average Bonchev–Trinajstić information content (AvgIpc) is 3.16. The van der Waals surface area contributed by atoms with Crippen molar-refractivity contribution in [1.82, 2.24) is 24.1 Å². The fourth-order valence-electron chi connectivity index (χ4n) is 4.19. The molecule has 0 spiro atoms. The van der Waals surface area contributed by atoms with E-state index in [0.717, 1.165) is 24.0 Å². The van der Waals surface area contributed by atoms with E-state index in [9.17, 15) is 9.59 Å². The Morgan fingerprint density at radius 3 is 2.29 bits per heavy atom. The summed E-state index contributed by atoms with van der Waals surface area (Å²) in [5.74, 6) is 0.269. The molecule has 0 saturated carbocycles. The summed E-state index contributed by atoms with van der Waals surface area (Å²) in [6.45, 7) is 6.77. The van der Waals surface area contributed by atoms with Crippen molar-refractivity contribution in [3.63, 3.8) is 0 Å². The second-order valence-electron chi connectivity index (χ2n) is 8.22. The van der Waals surface area contributed by atoms with Crippen LogP contribution in [0.4, 0.5) is 0 Å². The van der Waals surface area contributed by atoms with Crippen molar-refractivity contribution in [2.24, 2.45) is 0 Å². The molecular formula is C26H25N5O3. The van der Waals surface area contributed by atoms with Gasteiger partial charge in [-0.25, -0.2) is 19.7 Å². The van der Waals surface area contributed by atoms with Crippen molar-refractivity contribution in [2.45, 2.75) is 40.2 Å². The number of para-hydroxylation sites is 2. The van der Waals surface area contributed by atoms with Gasteiger partial charge in [-0.05, 0) is 56.2 Å². The van der Waals surface area contributed by atoms with Crippen LogP contribution in [0.25, 0.3) is 38.9 Å². The maximum absolute atomic E-state index is 13.6. The normalized spacial score (nSPS) is 11.5. The first-order valence-corrected chi connectivity index (χ1v) is 11.5. The molecule has 8 heteroatoms. The van der Waals surface area contributed by atoms with E-state index in [-0.39, 0.29) is 11.5 Å². The lowest BCUT2D eigenvalue weighted by molar-refractivity contribution is 0.0505. The van der Waals surface area contributed by atoms with Gasteiger partial charge in [0.2, 0.25) is 0 Å². The highest BCUT2D eigenvalue weighted by Crippen LogP contribution is 2.29. The first-order chi connectivity index (χ1) is 16.5. The fourth-order valence-corrected chi connectivity index (χ4v) is 4.19. The van der Waals surface area contributed by atoms with E-state index in [1.807, 2.05) is 61.7 Å².